The zero-order chi connectivity index (χ0) is 13.8. The first-order valence-electron chi connectivity index (χ1n) is 6.69. The van der Waals surface area contributed by atoms with E-state index in [1.807, 2.05) is 6.92 Å². The van der Waals surface area contributed by atoms with Crippen molar-refractivity contribution in [1.82, 2.24) is 9.47 Å². The molecule has 0 N–H and O–H groups in total. The molecule has 1 aliphatic rings. The molecule has 5 heteroatoms. The number of carbonyl (C=O) groups excluding carboxylic acids is 1. The molecule has 0 unspecified atom stereocenters. The number of hydrogen-bond donors (Lipinski definition) is 0. The lowest BCUT2D eigenvalue weighted by molar-refractivity contribution is 0.0146. The highest BCUT2D eigenvalue weighted by Crippen LogP contribution is 2.15. The maximum atomic E-state index is 12.3. The molecule has 0 spiro atoms. The van der Waals surface area contributed by atoms with Crippen molar-refractivity contribution in [2.24, 2.45) is 7.05 Å². The Morgan fingerprint density at radius 3 is 2.68 bits per heavy atom. The van der Waals surface area contributed by atoms with E-state index in [2.05, 4.69) is 0 Å². The summed E-state index contributed by atoms with van der Waals surface area (Å²) in [6.07, 6.45) is 3.62. The van der Waals surface area contributed by atoms with Crippen molar-refractivity contribution in [2.75, 3.05) is 19.7 Å². The number of rotatable bonds is 3. The van der Waals surface area contributed by atoms with Gasteiger partial charge in [0.2, 0.25) is 0 Å². The van der Waals surface area contributed by atoms with Gasteiger partial charge in [-0.25, -0.2) is 0 Å². The van der Waals surface area contributed by atoms with Gasteiger partial charge in [0.05, 0.1) is 6.10 Å². The van der Waals surface area contributed by atoms with Crippen LogP contribution in [-0.2, 0) is 11.8 Å². The summed E-state index contributed by atoms with van der Waals surface area (Å²) in [5.41, 5.74) is 0.313. The Morgan fingerprint density at radius 1 is 1.42 bits per heavy atom. The SMILES string of the molecule is CCOC1CCN(C(=O)c2ccn(C)c(=O)c2)CC1. The molecule has 2 rings (SSSR count). The van der Waals surface area contributed by atoms with Gasteiger partial charge in [0.1, 0.15) is 0 Å². The number of pyridine rings is 1. The highest BCUT2D eigenvalue weighted by Gasteiger charge is 2.23. The largest absolute Gasteiger partial charge is 0.378 e. The lowest BCUT2D eigenvalue weighted by Crippen LogP contribution is -2.41. The van der Waals surface area contributed by atoms with Gasteiger partial charge in [0.15, 0.2) is 0 Å². The predicted octanol–water partition coefficient (Wildman–Crippen LogP) is 1.03. The van der Waals surface area contributed by atoms with E-state index < -0.39 is 0 Å². The summed E-state index contributed by atoms with van der Waals surface area (Å²) in [5, 5.41) is 0. The van der Waals surface area contributed by atoms with E-state index in [0.29, 0.717) is 25.3 Å². The van der Waals surface area contributed by atoms with Crippen LogP contribution in [0.25, 0.3) is 0 Å². The third-order valence-electron chi connectivity index (χ3n) is 3.48. The number of nitrogens with zero attached hydrogens (tertiary/aromatic N) is 2. The number of aromatic nitrogens is 1. The smallest absolute Gasteiger partial charge is 0.254 e. The zero-order valence-corrected chi connectivity index (χ0v) is 11.5. The van der Waals surface area contributed by atoms with Crippen LogP contribution < -0.4 is 5.56 Å². The Balaban J connectivity index is 2.01. The van der Waals surface area contributed by atoms with Crippen molar-refractivity contribution >= 4 is 5.91 Å². The molecule has 1 aromatic rings. The number of amides is 1. The number of ether oxygens (including phenoxy) is 1. The van der Waals surface area contributed by atoms with Crippen LogP contribution in [0.5, 0.6) is 0 Å². The van der Waals surface area contributed by atoms with Crippen LogP contribution >= 0.6 is 0 Å². The summed E-state index contributed by atoms with van der Waals surface area (Å²) >= 11 is 0. The Morgan fingerprint density at radius 2 is 2.11 bits per heavy atom. The molecule has 2 heterocycles. The third kappa shape index (κ3) is 3.23. The fraction of sp³-hybridized carbons (Fsp3) is 0.571. The lowest BCUT2D eigenvalue weighted by atomic mass is 10.1. The first kappa shape index (κ1) is 13.8. The highest BCUT2D eigenvalue weighted by atomic mass is 16.5. The number of carbonyl (C=O) groups is 1. The molecule has 0 aliphatic carbocycles. The Bertz CT molecular complexity index is 502. The molecule has 0 saturated carbocycles. The van der Waals surface area contributed by atoms with Crippen LogP contribution in [-0.4, -0.2) is 41.2 Å². The van der Waals surface area contributed by atoms with E-state index in [9.17, 15) is 9.59 Å². The summed E-state index contributed by atoms with van der Waals surface area (Å²) in [6, 6.07) is 3.09. The van der Waals surface area contributed by atoms with Gasteiger partial charge in [-0.1, -0.05) is 0 Å². The van der Waals surface area contributed by atoms with E-state index in [0.717, 1.165) is 12.8 Å². The minimum Gasteiger partial charge on any atom is -0.378 e. The maximum Gasteiger partial charge on any atom is 0.254 e. The number of aryl methyl sites for hydroxylation is 1. The second kappa shape index (κ2) is 6.02. The Kier molecular flexibility index (Phi) is 4.37. The molecule has 1 amide bonds. The van der Waals surface area contributed by atoms with Gasteiger partial charge in [-0.2, -0.15) is 0 Å². The molecule has 0 aromatic carbocycles. The summed E-state index contributed by atoms with van der Waals surface area (Å²) < 4.78 is 7.02. The quantitative estimate of drug-likeness (QED) is 0.819. The van der Waals surface area contributed by atoms with Crippen LogP contribution in [0.2, 0.25) is 0 Å². The average molecular weight is 264 g/mol. The number of hydrogen-bond acceptors (Lipinski definition) is 3. The topological polar surface area (TPSA) is 51.5 Å². The molecule has 0 radical (unpaired) electrons. The molecule has 5 nitrogen and oxygen atoms in total. The molecule has 1 aliphatic heterocycles. The van der Waals surface area contributed by atoms with Crippen LogP contribution in [0.4, 0.5) is 0 Å². The van der Waals surface area contributed by atoms with Crippen molar-refractivity contribution in [3.63, 3.8) is 0 Å². The van der Waals surface area contributed by atoms with Crippen LogP contribution in [0.15, 0.2) is 23.1 Å². The first-order chi connectivity index (χ1) is 9.11. The first-order valence-corrected chi connectivity index (χ1v) is 6.69. The fourth-order valence-electron chi connectivity index (χ4n) is 2.33. The minimum atomic E-state index is -0.157. The average Bonchev–Trinajstić information content (AvgIpc) is 2.42. The van der Waals surface area contributed by atoms with Gasteiger partial charge in [-0.05, 0) is 25.8 Å². The monoisotopic (exact) mass is 264 g/mol. The van der Waals surface area contributed by atoms with Gasteiger partial charge in [0, 0.05) is 44.6 Å². The van der Waals surface area contributed by atoms with Gasteiger partial charge >= 0.3 is 0 Å². The summed E-state index contributed by atoms with van der Waals surface area (Å²) in [4.78, 5) is 25.6. The molecule has 104 valence electrons. The maximum absolute atomic E-state index is 12.3. The highest BCUT2D eigenvalue weighted by molar-refractivity contribution is 5.94. The minimum absolute atomic E-state index is 0.0624. The molecule has 1 fully saturated rings. The molecule has 0 atom stereocenters. The summed E-state index contributed by atoms with van der Waals surface area (Å²) in [7, 11) is 1.67. The van der Waals surface area contributed by atoms with E-state index in [1.165, 1.54) is 10.6 Å². The number of piperidine rings is 1. The molecular formula is C14H20N2O3. The van der Waals surface area contributed by atoms with Crippen molar-refractivity contribution < 1.29 is 9.53 Å². The number of likely N-dealkylation sites (tertiary alicyclic amines) is 1. The van der Waals surface area contributed by atoms with Crippen molar-refractivity contribution in [3.8, 4) is 0 Å². The van der Waals surface area contributed by atoms with Gasteiger partial charge < -0.3 is 14.2 Å². The van der Waals surface area contributed by atoms with Gasteiger partial charge in [-0.3, -0.25) is 9.59 Å². The van der Waals surface area contributed by atoms with E-state index in [1.54, 1.807) is 24.2 Å². The third-order valence-corrected chi connectivity index (χ3v) is 3.48. The Hall–Kier alpha value is -1.62. The zero-order valence-electron chi connectivity index (χ0n) is 11.5. The molecule has 1 saturated heterocycles. The lowest BCUT2D eigenvalue weighted by Gasteiger charge is -2.31. The standard InChI is InChI=1S/C14H20N2O3/c1-3-19-12-5-8-16(9-6-12)14(18)11-4-7-15(2)13(17)10-11/h4,7,10,12H,3,5-6,8-9H2,1-2H3. The summed E-state index contributed by atoms with van der Waals surface area (Å²) in [5.74, 6) is -0.0624. The van der Waals surface area contributed by atoms with Crippen LogP contribution in [0.1, 0.15) is 30.1 Å². The van der Waals surface area contributed by atoms with Crippen molar-refractivity contribution in [1.29, 1.82) is 0 Å². The van der Waals surface area contributed by atoms with Crippen molar-refractivity contribution in [3.05, 3.63) is 34.2 Å². The van der Waals surface area contributed by atoms with Crippen molar-refractivity contribution in [2.45, 2.75) is 25.9 Å². The van der Waals surface area contributed by atoms with Gasteiger partial charge in [-0.15, -0.1) is 0 Å². The molecule has 1 aromatic heterocycles. The van der Waals surface area contributed by atoms with E-state index >= 15 is 0 Å². The molecule has 19 heavy (non-hydrogen) atoms. The van der Waals surface area contributed by atoms with Gasteiger partial charge in [0.25, 0.3) is 11.5 Å². The molecule has 0 bridgehead atoms. The Labute approximate surface area is 112 Å². The molecular weight excluding hydrogens is 244 g/mol. The van der Waals surface area contributed by atoms with E-state index in [4.69, 9.17) is 4.74 Å². The normalized spacial score (nSPS) is 16.6. The van der Waals surface area contributed by atoms with Crippen LogP contribution in [0, 0.1) is 0 Å². The second-order valence-electron chi connectivity index (χ2n) is 4.81. The summed E-state index contributed by atoms with van der Waals surface area (Å²) in [6.45, 7) is 4.09. The second-order valence-corrected chi connectivity index (χ2v) is 4.81. The fourth-order valence-corrected chi connectivity index (χ4v) is 2.33. The van der Waals surface area contributed by atoms with E-state index in [-0.39, 0.29) is 17.6 Å². The predicted molar refractivity (Wildman–Crippen MR) is 72.2 cm³/mol. The van der Waals surface area contributed by atoms with Crippen LogP contribution in [0.3, 0.4) is 0 Å².